The van der Waals surface area contributed by atoms with Crippen LogP contribution in [0, 0.1) is 0 Å². The molecule has 0 bridgehead atoms. The van der Waals surface area contributed by atoms with Gasteiger partial charge in [-0.1, -0.05) is 30.3 Å². The zero-order valence-electron chi connectivity index (χ0n) is 12.2. The first kappa shape index (κ1) is 14.3. The van der Waals surface area contributed by atoms with E-state index in [-0.39, 0.29) is 5.91 Å². The Morgan fingerprint density at radius 2 is 2.05 bits per heavy atom. The van der Waals surface area contributed by atoms with Crippen LogP contribution >= 0.6 is 0 Å². The smallest absolute Gasteiger partial charge is 0.329 e. The minimum Gasteiger partial charge on any atom is -0.480 e. The van der Waals surface area contributed by atoms with Crippen LogP contribution in [0.25, 0.3) is 11.3 Å². The second-order valence-electron chi connectivity index (χ2n) is 5.67. The standard InChI is InChI=1S/C16H17N3O3/c1-16(15(21)22)8-5-9-19(16)14(20)13-10-12(17-18-13)11-6-3-2-4-7-11/h2-4,6-7,10H,5,8-9H2,1H3,(H,17,18)(H,21,22). The molecule has 3 rings (SSSR count). The van der Waals surface area contributed by atoms with Gasteiger partial charge in [0, 0.05) is 12.1 Å². The Hall–Kier alpha value is -2.63. The highest BCUT2D eigenvalue weighted by molar-refractivity contribution is 5.97. The number of nitrogens with zero attached hydrogens (tertiary/aromatic N) is 2. The molecule has 1 atom stereocenters. The Labute approximate surface area is 127 Å². The molecule has 0 aliphatic carbocycles. The number of carbonyl (C=O) groups is 2. The normalized spacial score (nSPS) is 21.0. The van der Waals surface area contributed by atoms with Gasteiger partial charge in [-0.25, -0.2) is 4.79 Å². The first-order chi connectivity index (χ1) is 10.5. The third-order valence-corrected chi connectivity index (χ3v) is 4.22. The van der Waals surface area contributed by atoms with Crippen molar-refractivity contribution in [2.45, 2.75) is 25.3 Å². The third kappa shape index (κ3) is 2.26. The number of hydrogen-bond acceptors (Lipinski definition) is 3. The predicted molar refractivity (Wildman–Crippen MR) is 80.3 cm³/mol. The van der Waals surface area contributed by atoms with Gasteiger partial charge < -0.3 is 10.0 Å². The highest BCUT2D eigenvalue weighted by Gasteiger charge is 2.46. The van der Waals surface area contributed by atoms with E-state index in [1.54, 1.807) is 13.0 Å². The molecular weight excluding hydrogens is 282 g/mol. The van der Waals surface area contributed by atoms with E-state index in [0.29, 0.717) is 30.8 Å². The van der Waals surface area contributed by atoms with E-state index in [1.807, 2.05) is 30.3 Å². The van der Waals surface area contributed by atoms with Crippen molar-refractivity contribution in [3.8, 4) is 11.3 Å². The first-order valence-corrected chi connectivity index (χ1v) is 7.18. The summed E-state index contributed by atoms with van der Waals surface area (Å²) in [6.45, 7) is 2.04. The SMILES string of the molecule is CC1(C(=O)O)CCCN1C(=O)c1cc(-c2ccccc2)n[nH]1. The lowest BCUT2D eigenvalue weighted by atomic mass is 9.99. The molecule has 2 aromatic rings. The Balaban J connectivity index is 1.88. The molecule has 0 saturated carbocycles. The van der Waals surface area contributed by atoms with Gasteiger partial charge in [-0.2, -0.15) is 5.10 Å². The number of amides is 1. The number of aliphatic carboxylic acids is 1. The number of rotatable bonds is 3. The summed E-state index contributed by atoms with van der Waals surface area (Å²) in [7, 11) is 0. The third-order valence-electron chi connectivity index (χ3n) is 4.22. The van der Waals surface area contributed by atoms with E-state index < -0.39 is 11.5 Å². The fourth-order valence-corrected chi connectivity index (χ4v) is 2.84. The summed E-state index contributed by atoms with van der Waals surface area (Å²) < 4.78 is 0. The number of H-pyrrole nitrogens is 1. The van der Waals surface area contributed by atoms with Gasteiger partial charge >= 0.3 is 5.97 Å². The summed E-state index contributed by atoms with van der Waals surface area (Å²) in [6, 6.07) is 11.2. The molecule has 1 saturated heterocycles. The molecule has 114 valence electrons. The second kappa shape index (κ2) is 5.29. The predicted octanol–water partition coefficient (Wildman–Crippen LogP) is 2.16. The van der Waals surface area contributed by atoms with Gasteiger partial charge in [0.15, 0.2) is 0 Å². The highest BCUT2D eigenvalue weighted by atomic mass is 16.4. The molecule has 1 aliphatic rings. The van der Waals surface area contributed by atoms with Gasteiger partial charge in [0.05, 0.1) is 5.69 Å². The molecule has 1 aliphatic heterocycles. The monoisotopic (exact) mass is 299 g/mol. The van der Waals surface area contributed by atoms with Gasteiger partial charge in [-0.15, -0.1) is 0 Å². The Kier molecular flexibility index (Phi) is 3.44. The molecule has 0 spiro atoms. The number of hydrogen-bond donors (Lipinski definition) is 2. The molecule has 2 heterocycles. The fourth-order valence-electron chi connectivity index (χ4n) is 2.84. The maximum absolute atomic E-state index is 12.6. The average Bonchev–Trinajstić information content (AvgIpc) is 3.15. The summed E-state index contributed by atoms with van der Waals surface area (Å²) in [5.41, 5.74) is 0.739. The molecule has 2 N–H and O–H groups in total. The van der Waals surface area contributed by atoms with E-state index in [0.717, 1.165) is 5.56 Å². The lowest BCUT2D eigenvalue weighted by Crippen LogP contribution is -2.50. The van der Waals surface area contributed by atoms with E-state index in [1.165, 1.54) is 4.90 Å². The highest BCUT2D eigenvalue weighted by Crippen LogP contribution is 2.31. The molecule has 6 heteroatoms. The molecular formula is C16H17N3O3. The number of benzene rings is 1. The fraction of sp³-hybridized carbons (Fsp3) is 0.312. The number of aromatic nitrogens is 2. The van der Waals surface area contributed by atoms with Crippen molar-refractivity contribution in [1.82, 2.24) is 15.1 Å². The van der Waals surface area contributed by atoms with E-state index in [4.69, 9.17) is 0 Å². The van der Waals surface area contributed by atoms with E-state index in [9.17, 15) is 14.7 Å². The minimum atomic E-state index is -1.14. The van der Waals surface area contributed by atoms with Gasteiger partial charge in [0.2, 0.25) is 0 Å². The van der Waals surface area contributed by atoms with Gasteiger partial charge in [0.1, 0.15) is 11.2 Å². The quantitative estimate of drug-likeness (QED) is 0.909. The van der Waals surface area contributed by atoms with Gasteiger partial charge in [-0.3, -0.25) is 9.89 Å². The largest absolute Gasteiger partial charge is 0.480 e. The van der Waals surface area contributed by atoms with Crippen LogP contribution in [0.2, 0.25) is 0 Å². The van der Waals surface area contributed by atoms with Crippen LogP contribution in [0.3, 0.4) is 0 Å². The van der Waals surface area contributed by atoms with Crippen LogP contribution in [-0.2, 0) is 4.79 Å². The van der Waals surface area contributed by atoms with Crippen molar-refractivity contribution < 1.29 is 14.7 Å². The van der Waals surface area contributed by atoms with Crippen LogP contribution in [-0.4, -0.2) is 44.2 Å². The molecule has 1 fully saturated rings. The number of nitrogens with one attached hydrogen (secondary N) is 1. The summed E-state index contributed by atoms with van der Waals surface area (Å²) >= 11 is 0. The van der Waals surface area contributed by atoms with Crippen LogP contribution in [0.5, 0.6) is 0 Å². The molecule has 1 unspecified atom stereocenters. The molecule has 1 aromatic heterocycles. The van der Waals surface area contributed by atoms with Gasteiger partial charge in [-0.05, 0) is 25.8 Å². The van der Waals surface area contributed by atoms with Crippen LogP contribution in [0.15, 0.2) is 36.4 Å². The summed E-state index contributed by atoms with van der Waals surface area (Å²) in [4.78, 5) is 25.5. The number of carboxylic acid groups (broad SMARTS) is 1. The van der Waals surface area contributed by atoms with Gasteiger partial charge in [0.25, 0.3) is 5.91 Å². The van der Waals surface area contributed by atoms with Crippen LogP contribution < -0.4 is 0 Å². The van der Waals surface area contributed by atoms with Crippen LogP contribution in [0.1, 0.15) is 30.3 Å². The van der Waals surface area contributed by atoms with Crippen molar-refractivity contribution in [2.24, 2.45) is 0 Å². The number of carboxylic acids is 1. The Morgan fingerprint density at radius 1 is 1.32 bits per heavy atom. The van der Waals surface area contributed by atoms with Crippen molar-refractivity contribution in [2.75, 3.05) is 6.54 Å². The van der Waals surface area contributed by atoms with Crippen molar-refractivity contribution in [3.05, 3.63) is 42.1 Å². The Bertz CT molecular complexity index is 710. The summed E-state index contributed by atoms with van der Waals surface area (Å²) in [5.74, 6) is -1.29. The van der Waals surface area contributed by atoms with Crippen molar-refractivity contribution in [1.29, 1.82) is 0 Å². The van der Waals surface area contributed by atoms with E-state index in [2.05, 4.69) is 10.2 Å². The topological polar surface area (TPSA) is 86.3 Å². The first-order valence-electron chi connectivity index (χ1n) is 7.18. The maximum atomic E-state index is 12.6. The average molecular weight is 299 g/mol. The van der Waals surface area contributed by atoms with Crippen molar-refractivity contribution >= 4 is 11.9 Å². The zero-order valence-corrected chi connectivity index (χ0v) is 12.2. The second-order valence-corrected chi connectivity index (χ2v) is 5.67. The summed E-state index contributed by atoms with van der Waals surface area (Å²) in [6.07, 6.45) is 1.15. The number of likely N-dealkylation sites (tertiary alicyclic amines) is 1. The van der Waals surface area contributed by atoms with E-state index >= 15 is 0 Å². The van der Waals surface area contributed by atoms with Crippen LogP contribution in [0.4, 0.5) is 0 Å². The number of aromatic amines is 1. The van der Waals surface area contributed by atoms with Crippen molar-refractivity contribution in [3.63, 3.8) is 0 Å². The molecule has 1 aromatic carbocycles. The molecule has 1 amide bonds. The number of carbonyl (C=O) groups excluding carboxylic acids is 1. The molecule has 0 radical (unpaired) electrons. The maximum Gasteiger partial charge on any atom is 0.329 e. The summed E-state index contributed by atoms with van der Waals surface area (Å²) in [5, 5.41) is 16.3. The molecule has 6 nitrogen and oxygen atoms in total. The Morgan fingerprint density at radius 3 is 2.73 bits per heavy atom. The lowest BCUT2D eigenvalue weighted by molar-refractivity contribution is -0.147. The zero-order chi connectivity index (χ0) is 15.7. The molecule has 22 heavy (non-hydrogen) atoms. The minimum absolute atomic E-state index is 0.313. The lowest BCUT2D eigenvalue weighted by Gasteiger charge is -2.30.